The Morgan fingerprint density at radius 3 is 2.10 bits per heavy atom. The second-order valence-electron chi connectivity index (χ2n) is 7.23. The van der Waals surface area contributed by atoms with Gasteiger partial charge in [-0.3, -0.25) is 4.99 Å². The Kier molecular flexibility index (Phi) is 11.5. The van der Waals surface area contributed by atoms with E-state index in [0.717, 1.165) is 35.3 Å². The Bertz CT molecular complexity index is 828. The third-order valence-electron chi connectivity index (χ3n) is 5.02. The lowest BCUT2D eigenvalue weighted by Gasteiger charge is -2.29. The molecule has 2 rings (SSSR count). The van der Waals surface area contributed by atoms with Crippen LogP contribution in [0.1, 0.15) is 17.2 Å². The van der Waals surface area contributed by atoms with Gasteiger partial charge in [0.05, 0.1) is 27.4 Å². The second-order valence-corrected chi connectivity index (χ2v) is 7.23. The number of nitrogens with one attached hydrogen (secondary N) is 1. The van der Waals surface area contributed by atoms with Gasteiger partial charge < -0.3 is 29.3 Å². The molecule has 0 saturated carbocycles. The van der Waals surface area contributed by atoms with Crippen molar-refractivity contribution in [2.45, 2.75) is 12.6 Å². The summed E-state index contributed by atoms with van der Waals surface area (Å²) in [6.45, 7) is 1.44. The van der Waals surface area contributed by atoms with E-state index in [1.807, 2.05) is 31.3 Å². The van der Waals surface area contributed by atoms with E-state index in [1.54, 1.807) is 28.4 Å². The maximum absolute atomic E-state index is 5.47. The van der Waals surface area contributed by atoms with Gasteiger partial charge in [-0.25, -0.2) is 0 Å². The zero-order valence-electron chi connectivity index (χ0n) is 19.5. The van der Waals surface area contributed by atoms with Gasteiger partial charge >= 0.3 is 0 Å². The van der Waals surface area contributed by atoms with Crippen LogP contribution < -0.4 is 19.5 Å². The van der Waals surface area contributed by atoms with E-state index in [4.69, 9.17) is 14.2 Å². The average molecular weight is 542 g/mol. The average Bonchev–Trinajstić information content (AvgIpc) is 2.76. The Labute approximate surface area is 203 Å². The molecule has 0 aliphatic rings. The number of halogens is 1. The Hall–Kier alpha value is -2.20. The smallest absolute Gasteiger partial charge is 0.193 e. The van der Waals surface area contributed by atoms with Crippen LogP contribution in [0.3, 0.4) is 0 Å². The maximum Gasteiger partial charge on any atom is 0.193 e. The van der Waals surface area contributed by atoms with Crippen molar-refractivity contribution < 1.29 is 14.2 Å². The van der Waals surface area contributed by atoms with Gasteiger partial charge in [-0.05, 0) is 49.5 Å². The zero-order chi connectivity index (χ0) is 22.1. The van der Waals surface area contributed by atoms with Crippen molar-refractivity contribution in [3.8, 4) is 17.2 Å². The molecular formula is C23H35IN4O3. The number of benzene rings is 2. The summed E-state index contributed by atoms with van der Waals surface area (Å²) in [5, 5.41) is 3.50. The third-order valence-corrected chi connectivity index (χ3v) is 5.02. The van der Waals surface area contributed by atoms with Crippen LogP contribution in [0.2, 0.25) is 0 Å². The molecule has 0 heterocycles. The summed E-state index contributed by atoms with van der Waals surface area (Å²) in [7, 11) is 12.9. The molecule has 0 spiro atoms. The summed E-state index contributed by atoms with van der Waals surface area (Å²) in [6.07, 6.45) is 0. The van der Waals surface area contributed by atoms with E-state index in [1.165, 1.54) is 5.56 Å². The van der Waals surface area contributed by atoms with Crippen LogP contribution in [-0.4, -0.2) is 71.8 Å². The molecule has 0 aromatic heterocycles. The first-order valence-electron chi connectivity index (χ1n) is 9.86. The molecule has 7 nitrogen and oxygen atoms in total. The number of likely N-dealkylation sites (N-methyl/N-ethyl adjacent to an activating group) is 1. The SMILES string of the molecule is CN=C(NCC(c1ccc(OC)c(OC)c1)N(C)C)N(C)Cc1ccc(OC)cc1.I. The third kappa shape index (κ3) is 7.46. The topological polar surface area (TPSA) is 58.6 Å². The van der Waals surface area contributed by atoms with E-state index in [2.05, 4.69) is 52.4 Å². The summed E-state index contributed by atoms with van der Waals surface area (Å²) >= 11 is 0. The van der Waals surface area contributed by atoms with Crippen molar-refractivity contribution >= 4 is 29.9 Å². The van der Waals surface area contributed by atoms with Crippen molar-refractivity contribution in [3.63, 3.8) is 0 Å². The molecule has 0 bridgehead atoms. The quantitative estimate of drug-likeness (QED) is 0.297. The van der Waals surface area contributed by atoms with Crippen LogP contribution in [0, 0.1) is 0 Å². The number of hydrogen-bond donors (Lipinski definition) is 1. The first-order chi connectivity index (χ1) is 14.4. The molecule has 0 aliphatic heterocycles. The van der Waals surface area contributed by atoms with Crippen molar-refractivity contribution in [3.05, 3.63) is 53.6 Å². The van der Waals surface area contributed by atoms with Crippen LogP contribution >= 0.6 is 24.0 Å². The highest BCUT2D eigenvalue weighted by atomic mass is 127. The van der Waals surface area contributed by atoms with Gasteiger partial charge in [0.15, 0.2) is 17.5 Å². The summed E-state index contributed by atoms with van der Waals surface area (Å²) in [5.41, 5.74) is 2.32. The Balaban J connectivity index is 0.00000480. The minimum atomic E-state index is 0. The summed E-state index contributed by atoms with van der Waals surface area (Å²) in [6, 6.07) is 14.2. The van der Waals surface area contributed by atoms with Crippen LogP contribution in [0.25, 0.3) is 0 Å². The number of guanidine groups is 1. The molecule has 172 valence electrons. The van der Waals surface area contributed by atoms with E-state index < -0.39 is 0 Å². The van der Waals surface area contributed by atoms with Crippen LogP contribution in [0.4, 0.5) is 0 Å². The number of methoxy groups -OCH3 is 3. The molecule has 31 heavy (non-hydrogen) atoms. The lowest BCUT2D eigenvalue weighted by Crippen LogP contribution is -2.42. The maximum atomic E-state index is 5.47. The first kappa shape index (κ1) is 26.8. The number of rotatable bonds is 9. The summed E-state index contributed by atoms with van der Waals surface area (Å²) in [5.74, 6) is 3.13. The molecule has 0 aliphatic carbocycles. The standard InChI is InChI=1S/C23H34N4O3.HI/c1-24-23(27(4)16-17-8-11-19(28-5)12-9-17)25-15-20(26(2)3)18-10-13-21(29-6)22(14-18)30-7;/h8-14,20H,15-16H2,1-7H3,(H,24,25);1H. The molecule has 0 radical (unpaired) electrons. The lowest BCUT2D eigenvalue weighted by atomic mass is 10.1. The van der Waals surface area contributed by atoms with Crippen LogP contribution in [0.5, 0.6) is 17.2 Å². The molecule has 1 N–H and O–H groups in total. The van der Waals surface area contributed by atoms with E-state index >= 15 is 0 Å². The monoisotopic (exact) mass is 542 g/mol. The Morgan fingerprint density at radius 2 is 1.58 bits per heavy atom. The second kappa shape index (κ2) is 13.3. The molecule has 2 aromatic rings. The van der Waals surface area contributed by atoms with Crippen molar-refractivity contribution in [2.24, 2.45) is 4.99 Å². The van der Waals surface area contributed by atoms with Gasteiger partial charge in [0, 0.05) is 27.2 Å². The van der Waals surface area contributed by atoms with Crippen LogP contribution in [-0.2, 0) is 6.54 Å². The van der Waals surface area contributed by atoms with Crippen LogP contribution in [0.15, 0.2) is 47.5 Å². The van der Waals surface area contributed by atoms with E-state index in [-0.39, 0.29) is 30.0 Å². The fraction of sp³-hybridized carbons (Fsp3) is 0.435. The largest absolute Gasteiger partial charge is 0.497 e. The van der Waals surface area contributed by atoms with Gasteiger partial charge in [-0.2, -0.15) is 0 Å². The highest BCUT2D eigenvalue weighted by molar-refractivity contribution is 14.0. The Morgan fingerprint density at radius 1 is 0.935 bits per heavy atom. The number of ether oxygens (including phenoxy) is 3. The molecule has 1 atom stereocenters. The zero-order valence-corrected chi connectivity index (χ0v) is 21.8. The number of nitrogens with zero attached hydrogens (tertiary/aromatic N) is 3. The van der Waals surface area contributed by atoms with Crippen molar-refractivity contribution in [2.75, 3.05) is 56.1 Å². The van der Waals surface area contributed by atoms with Crippen molar-refractivity contribution in [1.29, 1.82) is 0 Å². The van der Waals surface area contributed by atoms with E-state index in [9.17, 15) is 0 Å². The minimum absolute atomic E-state index is 0. The van der Waals surface area contributed by atoms with Gasteiger partial charge in [0.1, 0.15) is 5.75 Å². The molecule has 0 saturated heterocycles. The van der Waals surface area contributed by atoms with Gasteiger partial charge in [0.25, 0.3) is 0 Å². The summed E-state index contributed by atoms with van der Waals surface area (Å²) in [4.78, 5) is 8.72. The van der Waals surface area contributed by atoms with Crippen molar-refractivity contribution in [1.82, 2.24) is 15.1 Å². The minimum Gasteiger partial charge on any atom is -0.497 e. The highest BCUT2D eigenvalue weighted by Gasteiger charge is 2.18. The fourth-order valence-corrected chi connectivity index (χ4v) is 3.31. The molecule has 8 heteroatoms. The summed E-state index contributed by atoms with van der Waals surface area (Å²) < 4.78 is 16.1. The molecule has 0 amide bonds. The predicted octanol–water partition coefficient (Wildman–Crippen LogP) is 3.64. The predicted molar refractivity (Wildman–Crippen MR) is 137 cm³/mol. The first-order valence-corrected chi connectivity index (χ1v) is 9.86. The van der Waals surface area contributed by atoms with E-state index in [0.29, 0.717) is 6.54 Å². The lowest BCUT2D eigenvalue weighted by molar-refractivity contribution is 0.293. The van der Waals surface area contributed by atoms with Gasteiger partial charge in [-0.1, -0.05) is 18.2 Å². The highest BCUT2D eigenvalue weighted by Crippen LogP contribution is 2.31. The van der Waals surface area contributed by atoms with Gasteiger partial charge in [0.2, 0.25) is 0 Å². The number of aliphatic imine (C=N–C) groups is 1. The molecular weight excluding hydrogens is 507 g/mol. The fourth-order valence-electron chi connectivity index (χ4n) is 3.31. The van der Waals surface area contributed by atoms with Gasteiger partial charge in [-0.15, -0.1) is 24.0 Å². The number of hydrogen-bond acceptors (Lipinski definition) is 5. The molecule has 0 fully saturated rings. The molecule has 2 aromatic carbocycles. The molecule has 1 unspecified atom stereocenters. The normalized spacial score (nSPS) is 12.1.